The van der Waals surface area contributed by atoms with Gasteiger partial charge in [0, 0.05) is 24.8 Å². The zero-order valence-electron chi connectivity index (χ0n) is 9.66. The zero-order valence-corrected chi connectivity index (χ0v) is 10.5. The van der Waals surface area contributed by atoms with Gasteiger partial charge in [-0.3, -0.25) is 0 Å². The predicted molar refractivity (Wildman–Crippen MR) is 70.8 cm³/mol. The monoisotopic (exact) mass is 247 g/mol. The van der Waals surface area contributed by atoms with Crippen molar-refractivity contribution in [2.75, 3.05) is 12.4 Å². The van der Waals surface area contributed by atoms with Gasteiger partial charge < -0.3 is 10.2 Å². The molecule has 0 amide bonds. The van der Waals surface area contributed by atoms with Crippen LogP contribution in [-0.2, 0) is 0 Å². The largest absolute Gasteiger partial charge is 0.365 e. The Balaban J connectivity index is 1.94. The average molecular weight is 247 g/mol. The van der Waals surface area contributed by atoms with Crippen molar-refractivity contribution < 1.29 is 0 Å². The fraction of sp³-hybridized carbons (Fsp3) is 0.364. The smallest absolute Gasteiger partial charge is 0.225 e. The van der Waals surface area contributed by atoms with Crippen LogP contribution in [0.25, 0.3) is 0 Å². The minimum atomic E-state index is 0.164. The number of fused-ring (bicyclic) bond motifs is 1. The van der Waals surface area contributed by atoms with Gasteiger partial charge in [-0.25, -0.2) is 15.0 Å². The molecule has 0 bridgehead atoms. The molecule has 88 valence electrons. The fourth-order valence-corrected chi connectivity index (χ4v) is 2.80. The van der Waals surface area contributed by atoms with Crippen molar-refractivity contribution in [3.05, 3.63) is 23.3 Å². The van der Waals surface area contributed by atoms with E-state index in [0.717, 1.165) is 16.8 Å². The lowest BCUT2D eigenvalue weighted by molar-refractivity contribution is 0.394. The lowest BCUT2D eigenvalue weighted by Gasteiger charge is -2.24. The summed E-state index contributed by atoms with van der Waals surface area (Å²) < 4.78 is 0. The van der Waals surface area contributed by atoms with Crippen LogP contribution in [0.5, 0.6) is 0 Å². The molecule has 1 N–H and O–H groups in total. The molecular formula is C11H13N5S. The molecule has 17 heavy (non-hydrogen) atoms. The molecule has 0 spiro atoms. The molecule has 3 heterocycles. The highest BCUT2D eigenvalue weighted by Gasteiger charge is 2.35. The Morgan fingerprint density at radius 1 is 1.47 bits per heavy atom. The summed E-state index contributed by atoms with van der Waals surface area (Å²) in [5, 5.41) is 6.08. The van der Waals surface area contributed by atoms with Crippen LogP contribution in [0, 0.1) is 0 Å². The number of guanidine groups is 1. The van der Waals surface area contributed by atoms with Gasteiger partial charge in [0.05, 0.1) is 11.7 Å². The summed E-state index contributed by atoms with van der Waals surface area (Å²) in [6.45, 7) is 2.09. The van der Waals surface area contributed by atoms with Crippen LogP contribution in [0.1, 0.15) is 18.7 Å². The zero-order chi connectivity index (χ0) is 11.8. The standard InChI is InChI=1S/C11H13N5S/c1-7-9(8-6-17-11(12-2)15-8)16-5-3-4-13-10(16)14-7/h3-7,9H,1-2H3,(H,12,15). The van der Waals surface area contributed by atoms with Gasteiger partial charge in [0.1, 0.15) is 6.04 Å². The maximum atomic E-state index is 4.56. The van der Waals surface area contributed by atoms with Gasteiger partial charge in [0.25, 0.3) is 0 Å². The minimum absolute atomic E-state index is 0.164. The van der Waals surface area contributed by atoms with E-state index in [1.807, 2.05) is 19.3 Å². The first-order valence-electron chi connectivity index (χ1n) is 5.50. The molecule has 1 aromatic rings. The molecule has 2 unspecified atom stereocenters. The minimum Gasteiger partial charge on any atom is -0.365 e. The van der Waals surface area contributed by atoms with Crippen LogP contribution >= 0.6 is 11.3 Å². The molecule has 0 aliphatic carbocycles. The van der Waals surface area contributed by atoms with Gasteiger partial charge in [0.15, 0.2) is 5.13 Å². The third-order valence-corrected chi connectivity index (χ3v) is 3.75. The Labute approximate surface area is 104 Å². The summed E-state index contributed by atoms with van der Waals surface area (Å²) in [5.41, 5.74) is 1.05. The normalized spacial score (nSPS) is 26.0. The SMILES string of the molecule is CNc1nc(C2C(C)N=C3N=CC=CN32)cs1. The molecule has 5 nitrogen and oxygen atoms in total. The fourth-order valence-electron chi connectivity index (χ4n) is 2.10. The Morgan fingerprint density at radius 3 is 3.12 bits per heavy atom. The predicted octanol–water partition coefficient (Wildman–Crippen LogP) is 1.88. The van der Waals surface area contributed by atoms with Crippen LogP contribution in [-0.4, -0.2) is 35.1 Å². The highest BCUT2D eigenvalue weighted by Crippen LogP contribution is 2.34. The number of nitrogens with one attached hydrogen (secondary N) is 1. The van der Waals surface area contributed by atoms with Crippen LogP contribution in [0.3, 0.4) is 0 Å². The average Bonchev–Trinajstić information content (AvgIpc) is 2.91. The molecule has 0 fully saturated rings. The van der Waals surface area contributed by atoms with Gasteiger partial charge in [-0.1, -0.05) is 0 Å². The van der Waals surface area contributed by atoms with E-state index in [9.17, 15) is 0 Å². The van der Waals surface area contributed by atoms with Crippen LogP contribution in [0.4, 0.5) is 5.13 Å². The molecular weight excluding hydrogens is 234 g/mol. The molecule has 2 aliphatic rings. The first-order valence-corrected chi connectivity index (χ1v) is 6.38. The molecule has 0 saturated heterocycles. The van der Waals surface area contributed by atoms with Crippen molar-refractivity contribution in [2.24, 2.45) is 9.98 Å². The van der Waals surface area contributed by atoms with E-state index in [-0.39, 0.29) is 12.1 Å². The van der Waals surface area contributed by atoms with Crippen LogP contribution < -0.4 is 5.32 Å². The van der Waals surface area contributed by atoms with Crippen molar-refractivity contribution >= 4 is 28.6 Å². The first kappa shape index (κ1) is 10.5. The summed E-state index contributed by atoms with van der Waals surface area (Å²) in [4.78, 5) is 15.5. The van der Waals surface area contributed by atoms with Gasteiger partial charge in [-0.15, -0.1) is 11.3 Å². The van der Waals surface area contributed by atoms with Crippen molar-refractivity contribution in [3.8, 4) is 0 Å². The van der Waals surface area contributed by atoms with E-state index < -0.39 is 0 Å². The van der Waals surface area contributed by atoms with E-state index in [1.54, 1.807) is 17.6 Å². The summed E-state index contributed by atoms with van der Waals surface area (Å²) in [6, 6.07) is 0.341. The van der Waals surface area contributed by atoms with Crippen molar-refractivity contribution in [2.45, 2.75) is 19.0 Å². The van der Waals surface area contributed by atoms with Crippen molar-refractivity contribution in [1.29, 1.82) is 0 Å². The van der Waals surface area contributed by atoms with E-state index in [1.165, 1.54) is 0 Å². The van der Waals surface area contributed by atoms with Gasteiger partial charge >= 0.3 is 0 Å². The Hall–Kier alpha value is -1.69. The lowest BCUT2D eigenvalue weighted by Crippen LogP contribution is -2.28. The summed E-state index contributed by atoms with van der Waals surface area (Å²) in [6.07, 6.45) is 5.71. The Bertz CT molecular complexity index is 516. The number of thiazole rings is 1. The van der Waals surface area contributed by atoms with Crippen LogP contribution in [0.2, 0.25) is 0 Å². The second kappa shape index (κ2) is 3.96. The quantitative estimate of drug-likeness (QED) is 0.868. The van der Waals surface area contributed by atoms with Crippen LogP contribution in [0.15, 0.2) is 27.6 Å². The topological polar surface area (TPSA) is 52.9 Å². The van der Waals surface area contributed by atoms with Gasteiger partial charge in [-0.2, -0.15) is 0 Å². The summed E-state index contributed by atoms with van der Waals surface area (Å²) in [7, 11) is 1.88. The second-order valence-corrected chi connectivity index (χ2v) is 4.83. The van der Waals surface area contributed by atoms with E-state index in [4.69, 9.17) is 0 Å². The van der Waals surface area contributed by atoms with Crippen molar-refractivity contribution in [1.82, 2.24) is 9.88 Å². The first-order chi connectivity index (χ1) is 8.29. The van der Waals surface area contributed by atoms with E-state index in [0.29, 0.717) is 0 Å². The Morgan fingerprint density at radius 2 is 2.35 bits per heavy atom. The lowest BCUT2D eigenvalue weighted by atomic mass is 10.1. The third kappa shape index (κ3) is 1.64. The molecule has 1 aromatic heterocycles. The number of anilines is 1. The maximum Gasteiger partial charge on any atom is 0.225 e. The molecule has 0 radical (unpaired) electrons. The maximum absolute atomic E-state index is 4.56. The highest BCUT2D eigenvalue weighted by atomic mass is 32.1. The molecule has 6 heteroatoms. The second-order valence-electron chi connectivity index (χ2n) is 3.97. The summed E-state index contributed by atoms with van der Waals surface area (Å²) >= 11 is 1.62. The summed E-state index contributed by atoms with van der Waals surface area (Å²) in [5.74, 6) is 0.781. The van der Waals surface area contributed by atoms with E-state index in [2.05, 4.69) is 37.5 Å². The number of hydrogen-bond acceptors (Lipinski definition) is 6. The van der Waals surface area contributed by atoms with Crippen molar-refractivity contribution in [3.63, 3.8) is 0 Å². The number of allylic oxidation sites excluding steroid dienone is 1. The molecule has 0 saturated carbocycles. The number of aliphatic imine (C=N–C) groups is 2. The third-order valence-electron chi connectivity index (χ3n) is 2.87. The van der Waals surface area contributed by atoms with E-state index >= 15 is 0 Å². The number of nitrogens with zero attached hydrogens (tertiary/aromatic N) is 4. The Kier molecular flexibility index (Phi) is 2.44. The van der Waals surface area contributed by atoms with Gasteiger partial charge in [-0.05, 0) is 13.0 Å². The molecule has 2 atom stereocenters. The molecule has 3 rings (SSSR count). The highest BCUT2D eigenvalue weighted by molar-refractivity contribution is 7.13. The van der Waals surface area contributed by atoms with Gasteiger partial charge in [0.2, 0.25) is 5.96 Å². The number of aromatic nitrogens is 1. The molecule has 2 aliphatic heterocycles. The number of hydrogen-bond donors (Lipinski definition) is 1. The number of rotatable bonds is 2. The molecule has 0 aromatic carbocycles.